The lowest BCUT2D eigenvalue weighted by atomic mass is 9.74. The molecule has 3 heteroatoms. The van der Waals surface area contributed by atoms with Crippen LogP contribution >= 0.6 is 0 Å². The molecule has 1 atom stereocenters. The van der Waals surface area contributed by atoms with Crippen molar-refractivity contribution in [1.29, 1.82) is 0 Å². The first-order chi connectivity index (χ1) is 9.77. The van der Waals surface area contributed by atoms with E-state index < -0.39 is 0 Å². The zero-order valence-electron chi connectivity index (χ0n) is 12.4. The van der Waals surface area contributed by atoms with Crippen LogP contribution in [0, 0.1) is 5.41 Å². The van der Waals surface area contributed by atoms with Gasteiger partial charge < -0.3 is 4.74 Å². The van der Waals surface area contributed by atoms with Crippen LogP contribution in [0.2, 0.25) is 0 Å². The van der Waals surface area contributed by atoms with Gasteiger partial charge in [-0.3, -0.25) is 11.3 Å². The van der Waals surface area contributed by atoms with Gasteiger partial charge in [-0.25, -0.2) is 0 Å². The first-order valence-corrected chi connectivity index (χ1v) is 8.00. The van der Waals surface area contributed by atoms with Crippen molar-refractivity contribution in [3.05, 3.63) is 29.8 Å². The Hall–Kier alpha value is -1.06. The van der Waals surface area contributed by atoms with E-state index in [9.17, 15) is 0 Å². The maximum absolute atomic E-state index is 5.89. The van der Waals surface area contributed by atoms with Crippen molar-refractivity contribution in [2.24, 2.45) is 11.3 Å². The van der Waals surface area contributed by atoms with Gasteiger partial charge in [0.1, 0.15) is 5.75 Å². The summed E-state index contributed by atoms with van der Waals surface area (Å²) >= 11 is 0. The lowest BCUT2D eigenvalue weighted by Gasteiger charge is -2.37. The van der Waals surface area contributed by atoms with Crippen molar-refractivity contribution in [2.75, 3.05) is 0 Å². The minimum absolute atomic E-state index is 0.255. The minimum Gasteiger partial charge on any atom is -0.490 e. The molecule has 2 aliphatic rings. The Balaban J connectivity index is 1.77. The van der Waals surface area contributed by atoms with E-state index in [2.05, 4.69) is 36.6 Å². The van der Waals surface area contributed by atoms with Crippen LogP contribution in [-0.4, -0.2) is 6.10 Å². The average Bonchev–Trinajstić information content (AvgIpc) is 3.16. The van der Waals surface area contributed by atoms with Gasteiger partial charge in [0.25, 0.3) is 0 Å². The van der Waals surface area contributed by atoms with E-state index in [-0.39, 0.29) is 6.04 Å². The second-order valence-electron chi connectivity index (χ2n) is 6.41. The smallest absolute Gasteiger partial charge is 0.119 e. The molecule has 0 amide bonds. The van der Waals surface area contributed by atoms with Gasteiger partial charge in [-0.15, -0.1) is 0 Å². The Bertz CT molecular complexity index is 433. The predicted octanol–water partition coefficient (Wildman–Crippen LogP) is 3.70. The van der Waals surface area contributed by atoms with Crippen molar-refractivity contribution in [3.8, 4) is 5.75 Å². The molecule has 1 aromatic rings. The molecule has 0 bridgehead atoms. The van der Waals surface area contributed by atoms with Crippen LogP contribution in [0.5, 0.6) is 5.75 Å². The molecule has 0 saturated heterocycles. The number of nitrogens with two attached hydrogens (primary N) is 1. The largest absolute Gasteiger partial charge is 0.490 e. The fourth-order valence-corrected chi connectivity index (χ4v) is 3.67. The molecule has 0 heterocycles. The van der Waals surface area contributed by atoms with Crippen molar-refractivity contribution >= 4 is 0 Å². The van der Waals surface area contributed by atoms with Crippen molar-refractivity contribution in [2.45, 2.75) is 64.0 Å². The SMILES string of the molecule is CCC1(C(NN)c2ccc(OC3CC3)cc2)CCCC1. The maximum Gasteiger partial charge on any atom is 0.119 e. The molecule has 3 rings (SSSR count). The maximum atomic E-state index is 5.89. The zero-order chi connectivity index (χ0) is 14.0. The minimum atomic E-state index is 0.255. The molecule has 3 N–H and O–H groups in total. The van der Waals surface area contributed by atoms with Gasteiger partial charge in [0, 0.05) is 0 Å². The highest BCUT2D eigenvalue weighted by molar-refractivity contribution is 5.31. The summed E-state index contributed by atoms with van der Waals surface area (Å²) in [4.78, 5) is 0. The van der Waals surface area contributed by atoms with Crippen LogP contribution in [0.15, 0.2) is 24.3 Å². The van der Waals surface area contributed by atoms with E-state index >= 15 is 0 Å². The number of hydrazine groups is 1. The van der Waals surface area contributed by atoms with Gasteiger partial charge in [0.15, 0.2) is 0 Å². The predicted molar refractivity (Wildman–Crippen MR) is 81.3 cm³/mol. The number of nitrogens with one attached hydrogen (secondary N) is 1. The fraction of sp³-hybridized carbons (Fsp3) is 0.647. The molecule has 2 saturated carbocycles. The highest BCUT2D eigenvalue weighted by Crippen LogP contribution is 2.49. The number of rotatable bonds is 6. The van der Waals surface area contributed by atoms with E-state index in [1.54, 1.807) is 0 Å². The first-order valence-electron chi connectivity index (χ1n) is 8.00. The molecule has 0 aromatic heterocycles. The van der Waals surface area contributed by atoms with Crippen LogP contribution in [0.25, 0.3) is 0 Å². The summed E-state index contributed by atoms with van der Waals surface area (Å²) in [7, 11) is 0. The molecule has 0 radical (unpaired) electrons. The molecule has 1 unspecified atom stereocenters. The number of benzene rings is 1. The Morgan fingerprint density at radius 2 is 1.90 bits per heavy atom. The molecule has 2 fully saturated rings. The normalized spacial score (nSPS) is 22.7. The molecule has 2 aliphatic carbocycles. The summed E-state index contributed by atoms with van der Waals surface area (Å²) in [5.74, 6) is 6.88. The van der Waals surface area contributed by atoms with E-state index in [0.717, 1.165) is 5.75 Å². The summed E-state index contributed by atoms with van der Waals surface area (Å²) < 4.78 is 5.82. The Labute approximate surface area is 121 Å². The lowest BCUT2D eigenvalue weighted by Crippen LogP contribution is -2.40. The highest BCUT2D eigenvalue weighted by Gasteiger charge is 2.40. The summed E-state index contributed by atoms with van der Waals surface area (Å²) in [6.07, 6.45) is 9.26. The van der Waals surface area contributed by atoms with E-state index in [1.807, 2.05) is 0 Å². The van der Waals surface area contributed by atoms with Crippen LogP contribution in [-0.2, 0) is 0 Å². The summed E-state index contributed by atoms with van der Waals surface area (Å²) in [5.41, 5.74) is 4.70. The standard InChI is InChI=1S/C17H26N2O/c1-2-17(11-3-4-12-17)16(19-18)13-5-7-14(8-6-13)20-15-9-10-15/h5-8,15-16,19H,2-4,9-12,18H2,1H3. The van der Waals surface area contributed by atoms with E-state index in [4.69, 9.17) is 10.6 Å². The second-order valence-corrected chi connectivity index (χ2v) is 6.41. The van der Waals surface area contributed by atoms with Gasteiger partial charge in [0.2, 0.25) is 0 Å². The Morgan fingerprint density at radius 1 is 1.25 bits per heavy atom. The van der Waals surface area contributed by atoms with Crippen molar-refractivity contribution in [3.63, 3.8) is 0 Å². The molecule has 110 valence electrons. The topological polar surface area (TPSA) is 47.3 Å². The van der Waals surface area contributed by atoms with Crippen molar-refractivity contribution < 1.29 is 4.74 Å². The average molecular weight is 274 g/mol. The van der Waals surface area contributed by atoms with Gasteiger partial charge in [-0.2, -0.15) is 0 Å². The van der Waals surface area contributed by atoms with Crippen molar-refractivity contribution in [1.82, 2.24) is 5.43 Å². The summed E-state index contributed by atoms with van der Waals surface area (Å²) in [6, 6.07) is 8.80. The Kier molecular flexibility index (Phi) is 3.99. The van der Waals surface area contributed by atoms with Crippen LogP contribution in [0.3, 0.4) is 0 Å². The number of hydrogen-bond acceptors (Lipinski definition) is 3. The quantitative estimate of drug-likeness (QED) is 0.614. The van der Waals surface area contributed by atoms with Crippen LogP contribution in [0.1, 0.15) is 63.5 Å². The molecular formula is C17H26N2O. The van der Waals surface area contributed by atoms with E-state index in [1.165, 1.54) is 50.5 Å². The monoisotopic (exact) mass is 274 g/mol. The highest BCUT2D eigenvalue weighted by atomic mass is 16.5. The molecule has 0 spiro atoms. The third-order valence-corrected chi connectivity index (χ3v) is 5.12. The molecular weight excluding hydrogens is 248 g/mol. The molecule has 1 aromatic carbocycles. The first kappa shape index (κ1) is 13.9. The Morgan fingerprint density at radius 3 is 2.40 bits per heavy atom. The zero-order valence-corrected chi connectivity index (χ0v) is 12.4. The van der Waals surface area contributed by atoms with Gasteiger partial charge in [-0.05, 0) is 55.2 Å². The van der Waals surface area contributed by atoms with Crippen LogP contribution in [0.4, 0.5) is 0 Å². The lowest BCUT2D eigenvalue weighted by molar-refractivity contribution is 0.188. The van der Waals surface area contributed by atoms with Gasteiger partial charge in [0.05, 0.1) is 12.1 Å². The summed E-state index contributed by atoms with van der Waals surface area (Å²) in [5, 5.41) is 0. The molecule has 0 aliphatic heterocycles. The number of ether oxygens (including phenoxy) is 1. The second kappa shape index (κ2) is 5.74. The molecule has 3 nitrogen and oxygen atoms in total. The van der Waals surface area contributed by atoms with Gasteiger partial charge in [-0.1, -0.05) is 31.9 Å². The summed E-state index contributed by atoms with van der Waals surface area (Å²) in [6.45, 7) is 2.29. The third-order valence-electron chi connectivity index (χ3n) is 5.12. The third kappa shape index (κ3) is 2.70. The number of hydrogen-bond donors (Lipinski definition) is 2. The fourth-order valence-electron chi connectivity index (χ4n) is 3.67. The molecule has 20 heavy (non-hydrogen) atoms. The van der Waals surface area contributed by atoms with E-state index in [0.29, 0.717) is 11.5 Å². The van der Waals surface area contributed by atoms with Gasteiger partial charge >= 0.3 is 0 Å². The van der Waals surface area contributed by atoms with Crippen LogP contribution < -0.4 is 16.0 Å².